The van der Waals surface area contributed by atoms with Crippen molar-refractivity contribution in [1.29, 1.82) is 0 Å². The van der Waals surface area contributed by atoms with Crippen LogP contribution in [0.4, 0.5) is 13.2 Å². The van der Waals surface area contributed by atoms with Crippen LogP contribution >= 0.6 is 25.2 Å². The van der Waals surface area contributed by atoms with Gasteiger partial charge in [-0.2, -0.15) is 0 Å². The monoisotopic (exact) mass is 348 g/mol. The normalized spacial score (nSPS) is 12.9. The van der Waals surface area contributed by atoms with Gasteiger partial charge < -0.3 is 0 Å². The summed E-state index contributed by atoms with van der Waals surface area (Å²) in [5, 5.41) is 0. The van der Waals surface area contributed by atoms with Gasteiger partial charge in [-0.05, 0) is 0 Å². The van der Waals surface area contributed by atoms with Crippen molar-refractivity contribution in [3.05, 3.63) is 0 Å². The van der Waals surface area contributed by atoms with Crippen LogP contribution in [0, 0.1) is 0 Å². The number of rotatable bonds is 0. The van der Waals surface area contributed by atoms with Gasteiger partial charge in [0, 0.05) is 0 Å². The first kappa shape index (κ1) is 8.57. The molecule has 0 heterocycles. The van der Waals surface area contributed by atoms with Crippen molar-refractivity contribution in [2.75, 3.05) is 0 Å². The van der Waals surface area contributed by atoms with E-state index >= 15 is 0 Å². The molecule has 0 unspecified atom stereocenters. The van der Waals surface area contributed by atoms with Gasteiger partial charge in [-0.15, -0.1) is 0 Å². The Bertz CT molecular complexity index is 58.4. The summed E-state index contributed by atoms with van der Waals surface area (Å²) >= 11 is 1.84. The van der Waals surface area contributed by atoms with E-state index in [1.54, 1.807) is 0 Å². The molecule has 44 valence electrons. The second-order valence-electron chi connectivity index (χ2n) is 0.701. The summed E-state index contributed by atoms with van der Waals surface area (Å²) in [6.45, 7) is 0. The zero-order chi connectivity index (χ0) is 6.08. The molecule has 0 aliphatic rings. The Labute approximate surface area is 57.8 Å². The number of hydrogen-bond acceptors (Lipinski definition) is 0. The van der Waals surface area contributed by atoms with E-state index in [0.29, 0.717) is 0 Å². The van der Waals surface area contributed by atoms with Crippen LogP contribution in [0.25, 0.3) is 0 Å². The summed E-state index contributed by atoms with van der Waals surface area (Å²) in [5.74, 6) is 0. The zero-order valence-electron chi connectivity index (χ0n) is 2.84. The van der Waals surface area contributed by atoms with Crippen molar-refractivity contribution in [2.24, 2.45) is 0 Å². The third kappa shape index (κ3) is 4.10. The maximum atomic E-state index is 11.2. The van der Waals surface area contributed by atoms with Gasteiger partial charge in [0.1, 0.15) is 0 Å². The van der Waals surface area contributed by atoms with E-state index in [0.717, 1.165) is 0 Å². The van der Waals surface area contributed by atoms with Crippen LogP contribution in [0.1, 0.15) is 0 Å². The Balaban J connectivity index is 3.54. The summed E-state index contributed by atoms with van der Waals surface area (Å²) in [6, 6.07) is 0. The summed E-state index contributed by atoms with van der Waals surface area (Å²) in [5.41, 5.74) is 0. The SMILES string of the molecule is F[C](F)(F)[Sb]([Br])[Br]. The van der Waals surface area contributed by atoms with Gasteiger partial charge in [0.05, 0.1) is 0 Å². The molecule has 0 rings (SSSR count). The van der Waals surface area contributed by atoms with Crippen molar-refractivity contribution < 1.29 is 13.2 Å². The molecule has 0 radical (unpaired) electrons. The Morgan fingerprint density at radius 2 is 1.29 bits per heavy atom. The topological polar surface area (TPSA) is 0 Å². The fraction of sp³-hybridized carbons (Fsp3) is 1.00. The number of hydrogen-bond donors (Lipinski definition) is 0. The van der Waals surface area contributed by atoms with Crippen LogP contribution in [-0.4, -0.2) is 19.8 Å². The average molecular weight is 351 g/mol. The van der Waals surface area contributed by atoms with Crippen LogP contribution in [0.3, 0.4) is 0 Å². The molecule has 0 N–H and O–H groups in total. The van der Waals surface area contributed by atoms with Crippen LogP contribution in [0.5, 0.6) is 0 Å². The second-order valence-corrected chi connectivity index (χ2v) is 19.4. The molecule has 0 aromatic rings. The second kappa shape index (κ2) is 2.92. The van der Waals surface area contributed by atoms with Gasteiger partial charge in [0.15, 0.2) is 0 Å². The third-order valence-electron chi connectivity index (χ3n) is 0.192. The molecule has 0 saturated carbocycles. The van der Waals surface area contributed by atoms with Crippen LogP contribution in [0.2, 0.25) is 0 Å². The van der Waals surface area contributed by atoms with E-state index in [4.69, 9.17) is 0 Å². The van der Waals surface area contributed by atoms with Gasteiger partial charge in [-0.1, -0.05) is 0 Å². The number of halogens is 5. The molecule has 0 fully saturated rings. The van der Waals surface area contributed by atoms with Crippen molar-refractivity contribution in [2.45, 2.75) is 4.12 Å². The molecule has 0 bridgehead atoms. The zero-order valence-corrected chi connectivity index (χ0v) is 8.56. The Hall–Kier alpha value is 1.57. The molecule has 0 nitrogen and oxygen atoms in total. The predicted octanol–water partition coefficient (Wildman–Crippen LogP) is 2.37. The summed E-state index contributed by atoms with van der Waals surface area (Å²) in [6.07, 6.45) is 0. The summed E-state index contributed by atoms with van der Waals surface area (Å²) in [7, 11) is 0. The van der Waals surface area contributed by atoms with Crippen molar-refractivity contribution in [3.8, 4) is 0 Å². The minimum absolute atomic E-state index is 2.47. The predicted molar refractivity (Wildman–Crippen MR) is 29.7 cm³/mol. The van der Waals surface area contributed by atoms with Crippen LogP contribution in [0.15, 0.2) is 0 Å². The standard InChI is InChI=1S/CF3.2BrH.Sb/c2-1(3)4;;;/h;2*1H;/q;;;+2/p-2. The average Bonchev–Trinajstić information content (AvgIpc) is 1.31. The van der Waals surface area contributed by atoms with Crippen molar-refractivity contribution >= 4 is 40.9 Å². The molecule has 0 amide bonds. The van der Waals surface area contributed by atoms with Gasteiger partial charge in [0.25, 0.3) is 0 Å². The quantitative estimate of drug-likeness (QED) is 0.589. The fourth-order valence-electron chi connectivity index (χ4n) is 0. The molecule has 0 aromatic heterocycles. The summed E-state index contributed by atoms with van der Waals surface area (Å²) < 4.78 is 29.5. The van der Waals surface area contributed by atoms with Crippen molar-refractivity contribution in [1.82, 2.24) is 0 Å². The summed E-state index contributed by atoms with van der Waals surface area (Å²) in [4.78, 5) is 0. The van der Waals surface area contributed by atoms with E-state index < -0.39 is 19.8 Å². The van der Waals surface area contributed by atoms with Gasteiger partial charge >= 0.3 is 58.2 Å². The van der Waals surface area contributed by atoms with Gasteiger partial charge in [-0.25, -0.2) is 0 Å². The van der Waals surface area contributed by atoms with E-state index in [-0.39, 0.29) is 0 Å². The molecule has 0 saturated heterocycles. The first-order valence-electron chi connectivity index (χ1n) is 1.13. The molecule has 6 heteroatoms. The molecule has 0 aliphatic carbocycles. The molecule has 0 aromatic carbocycles. The van der Waals surface area contributed by atoms with Gasteiger partial charge in [0.2, 0.25) is 0 Å². The van der Waals surface area contributed by atoms with E-state index in [1.807, 2.05) is 0 Å². The molecule has 0 aliphatic heterocycles. The van der Waals surface area contributed by atoms with Crippen LogP contribution < -0.4 is 0 Å². The molecular formula is CBr2F3Sb. The Morgan fingerprint density at radius 3 is 1.29 bits per heavy atom. The van der Waals surface area contributed by atoms with Crippen molar-refractivity contribution in [3.63, 3.8) is 0 Å². The van der Waals surface area contributed by atoms with E-state index in [2.05, 4.69) is 25.2 Å². The third-order valence-corrected chi connectivity index (χ3v) is 6.68. The molecular weight excluding hydrogens is 351 g/mol. The molecule has 0 atom stereocenters. The first-order valence-corrected chi connectivity index (χ1v) is 13.9. The molecule has 0 spiro atoms. The van der Waals surface area contributed by atoms with Crippen LogP contribution in [-0.2, 0) is 0 Å². The fourth-order valence-corrected chi connectivity index (χ4v) is 0. The van der Waals surface area contributed by atoms with E-state index in [9.17, 15) is 13.2 Å². The maximum absolute atomic E-state index is 11.2. The van der Waals surface area contributed by atoms with Gasteiger partial charge in [-0.3, -0.25) is 0 Å². The Morgan fingerprint density at radius 1 is 1.14 bits per heavy atom. The van der Waals surface area contributed by atoms with E-state index in [1.165, 1.54) is 0 Å². The first-order chi connectivity index (χ1) is 2.94. The minimum atomic E-state index is -3.98. The molecule has 7 heavy (non-hydrogen) atoms. The Kier molecular flexibility index (Phi) is 3.58. The number of alkyl halides is 3.